The Bertz CT molecular complexity index is 1050. The van der Waals surface area contributed by atoms with Gasteiger partial charge in [0, 0.05) is 48.5 Å². The zero-order chi connectivity index (χ0) is 19.4. The van der Waals surface area contributed by atoms with Gasteiger partial charge in [0.25, 0.3) is 0 Å². The number of hydrogen-bond donors (Lipinski definition) is 0. The van der Waals surface area contributed by atoms with Crippen LogP contribution < -0.4 is 0 Å². The van der Waals surface area contributed by atoms with Gasteiger partial charge < -0.3 is 4.57 Å². The van der Waals surface area contributed by atoms with E-state index in [1.165, 1.54) is 9.82 Å². The monoisotopic (exact) mass is 383 g/mol. The van der Waals surface area contributed by atoms with Crippen LogP contribution in [-0.4, -0.2) is 36.6 Å². The maximum atomic E-state index is 12.6. The van der Waals surface area contributed by atoms with Crippen LogP contribution in [0.4, 0.5) is 5.69 Å². The molecule has 5 nitrogen and oxygen atoms in total. The number of aryl methyl sites for hydroxylation is 1. The molecule has 0 fully saturated rings. The summed E-state index contributed by atoms with van der Waals surface area (Å²) in [6, 6.07) is 15.0. The first-order valence-electron chi connectivity index (χ1n) is 9.23. The lowest BCUT2D eigenvalue weighted by molar-refractivity contribution is 0.445. The Morgan fingerprint density at radius 1 is 1.00 bits per heavy atom. The van der Waals surface area contributed by atoms with Crippen molar-refractivity contribution in [2.45, 2.75) is 32.2 Å². The fourth-order valence-corrected chi connectivity index (χ4v) is 4.66. The molecular formula is C21H25N3O2S. The fourth-order valence-electron chi connectivity index (χ4n) is 3.20. The van der Waals surface area contributed by atoms with Crippen molar-refractivity contribution >= 4 is 32.8 Å². The van der Waals surface area contributed by atoms with Crippen LogP contribution in [0.3, 0.4) is 0 Å². The summed E-state index contributed by atoms with van der Waals surface area (Å²) in [7, 11) is -3.44. The number of fused-ring (bicyclic) bond motifs is 1. The Labute approximate surface area is 161 Å². The third-order valence-corrected chi connectivity index (χ3v) is 6.76. The minimum atomic E-state index is -3.44. The van der Waals surface area contributed by atoms with Crippen molar-refractivity contribution in [3.05, 3.63) is 60.3 Å². The molecule has 0 bridgehead atoms. The highest BCUT2D eigenvalue weighted by Crippen LogP contribution is 2.22. The molecule has 27 heavy (non-hydrogen) atoms. The van der Waals surface area contributed by atoms with Gasteiger partial charge in [0.1, 0.15) is 0 Å². The Hall–Kier alpha value is -2.44. The van der Waals surface area contributed by atoms with Gasteiger partial charge in [-0.15, -0.1) is 0 Å². The molecule has 0 aliphatic heterocycles. The van der Waals surface area contributed by atoms with E-state index < -0.39 is 10.0 Å². The van der Waals surface area contributed by atoms with E-state index in [0.717, 1.165) is 23.2 Å². The second-order valence-corrected chi connectivity index (χ2v) is 8.17. The summed E-state index contributed by atoms with van der Waals surface area (Å²) in [5, 5.41) is 1.16. The minimum absolute atomic E-state index is 0.299. The number of sulfonamides is 1. The number of rotatable bonds is 7. The van der Waals surface area contributed by atoms with Crippen LogP contribution in [0.2, 0.25) is 0 Å². The number of hydrogen-bond acceptors (Lipinski definition) is 3. The van der Waals surface area contributed by atoms with Crippen molar-refractivity contribution in [3.63, 3.8) is 0 Å². The first-order valence-corrected chi connectivity index (χ1v) is 10.7. The molecule has 6 heteroatoms. The average molecular weight is 384 g/mol. The van der Waals surface area contributed by atoms with E-state index in [1.807, 2.05) is 32.2 Å². The maximum Gasteiger partial charge on any atom is 0.243 e. The largest absolute Gasteiger partial charge is 0.347 e. The van der Waals surface area contributed by atoms with E-state index in [9.17, 15) is 8.42 Å². The summed E-state index contributed by atoms with van der Waals surface area (Å²) < 4.78 is 28.7. The Balaban J connectivity index is 1.87. The second kappa shape index (κ2) is 8.06. The summed E-state index contributed by atoms with van der Waals surface area (Å²) in [6.07, 6.45) is 3.93. The molecule has 0 amide bonds. The second-order valence-electron chi connectivity index (χ2n) is 6.23. The van der Waals surface area contributed by atoms with Gasteiger partial charge in [-0.05, 0) is 37.3 Å². The van der Waals surface area contributed by atoms with Crippen LogP contribution in [0.15, 0.2) is 64.6 Å². The number of aliphatic imine (C=N–C) groups is 1. The molecule has 0 aliphatic rings. The van der Waals surface area contributed by atoms with Crippen LogP contribution >= 0.6 is 0 Å². The van der Waals surface area contributed by atoms with Gasteiger partial charge >= 0.3 is 0 Å². The van der Waals surface area contributed by atoms with Crippen molar-refractivity contribution < 1.29 is 8.42 Å². The molecular weight excluding hydrogens is 358 g/mol. The van der Waals surface area contributed by atoms with Crippen molar-refractivity contribution in [1.82, 2.24) is 8.87 Å². The van der Waals surface area contributed by atoms with Gasteiger partial charge in [0.2, 0.25) is 10.0 Å². The molecule has 0 radical (unpaired) electrons. The van der Waals surface area contributed by atoms with Crippen molar-refractivity contribution in [1.29, 1.82) is 0 Å². The number of aromatic nitrogens is 1. The zero-order valence-electron chi connectivity index (χ0n) is 16.0. The molecule has 0 unspecified atom stereocenters. The van der Waals surface area contributed by atoms with Crippen molar-refractivity contribution in [2.24, 2.45) is 4.99 Å². The van der Waals surface area contributed by atoms with E-state index in [-0.39, 0.29) is 0 Å². The SMILES string of the molecule is CCN(CC)S(=O)(=O)c1ccc(N=Cc2cn(CC)c3ccccc23)cc1. The van der Waals surface area contributed by atoms with E-state index in [4.69, 9.17) is 0 Å². The predicted molar refractivity (Wildman–Crippen MR) is 111 cm³/mol. The lowest BCUT2D eigenvalue weighted by Gasteiger charge is -2.18. The van der Waals surface area contributed by atoms with Crippen LogP contribution in [0, 0.1) is 0 Å². The minimum Gasteiger partial charge on any atom is -0.347 e. The molecule has 3 rings (SSSR count). The maximum absolute atomic E-state index is 12.6. The van der Waals surface area contributed by atoms with Gasteiger partial charge in [-0.25, -0.2) is 8.42 Å². The molecule has 1 heterocycles. The number of nitrogens with zero attached hydrogens (tertiary/aromatic N) is 3. The summed E-state index contributed by atoms with van der Waals surface area (Å²) in [6.45, 7) is 7.61. The van der Waals surface area contributed by atoms with Crippen LogP contribution in [-0.2, 0) is 16.6 Å². The van der Waals surface area contributed by atoms with E-state index in [1.54, 1.807) is 24.3 Å². The van der Waals surface area contributed by atoms with E-state index in [2.05, 4.69) is 34.8 Å². The van der Waals surface area contributed by atoms with Crippen molar-refractivity contribution in [3.8, 4) is 0 Å². The van der Waals surface area contributed by atoms with Crippen molar-refractivity contribution in [2.75, 3.05) is 13.1 Å². The normalized spacial score (nSPS) is 12.4. The third kappa shape index (κ3) is 3.82. The first-order chi connectivity index (χ1) is 13.0. The van der Waals surface area contributed by atoms with Crippen LogP contribution in [0.5, 0.6) is 0 Å². The summed E-state index contributed by atoms with van der Waals surface area (Å²) in [4.78, 5) is 4.83. The van der Waals surface area contributed by atoms with Gasteiger partial charge in [-0.3, -0.25) is 4.99 Å². The zero-order valence-corrected chi connectivity index (χ0v) is 16.8. The van der Waals surface area contributed by atoms with E-state index in [0.29, 0.717) is 18.0 Å². The Morgan fingerprint density at radius 2 is 1.67 bits per heavy atom. The smallest absolute Gasteiger partial charge is 0.243 e. The van der Waals surface area contributed by atoms with Gasteiger partial charge in [-0.2, -0.15) is 4.31 Å². The molecule has 0 saturated carbocycles. The van der Waals surface area contributed by atoms with Crippen LogP contribution in [0.1, 0.15) is 26.3 Å². The Kier molecular flexibility index (Phi) is 5.77. The fraction of sp³-hybridized carbons (Fsp3) is 0.286. The third-order valence-electron chi connectivity index (χ3n) is 4.69. The average Bonchev–Trinajstić information content (AvgIpc) is 3.05. The lowest BCUT2D eigenvalue weighted by atomic mass is 10.2. The molecule has 0 aliphatic carbocycles. The molecule has 0 atom stereocenters. The highest BCUT2D eigenvalue weighted by Gasteiger charge is 2.21. The molecule has 2 aromatic carbocycles. The lowest BCUT2D eigenvalue weighted by Crippen LogP contribution is -2.30. The Morgan fingerprint density at radius 3 is 2.30 bits per heavy atom. The standard InChI is InChI=1S/C21H25N3O2S/c1-4-23-16-17(20-9-7-8-10-21(20)23)15-22-18-11-13-19(14-12-18)27(25,26)24(5-2)6-3/h7-16H,4-6H2,1-3H3. The summed E-state index contributed by atoms with van der Waals surface area (Å²) in [5.74, 6) is 0. The molecule has 0 saturated heterocycles. The number of benzene rings is 2. The number of para-hydroxylation sites is 1. The molecule has 0 N–H and O–H groups in total. The first kappa shape index (κ1) is 19.3. The van der Waals surface area contributed by atoms with Gasteiger partial charge in [0.05, 0.1) is 10.6 Å². The predicted octanol–water partition coefficient (Wildman–Crippen LogP) is 4.44. The van der Waals surface area contributed by atoms with Gasteiger partial charge in [-0.1, -0.05) is 32.0 Å². The van der Waals surface area contributed by atoms with E-state index >= 15 is 0 Å². The summed E-state index contributed by atoms with van der Waals surface area (Å²) >= 11 is 0. The highest BCUT2D eigenvalue weighted by molar-refractivity contribution is 7.89. The molecule has 0 spiro atoms. The quantitative estimate of drug-likeness (QED) is 0.566. The molecule has 142 valence electrons. The van der Waals surface area contributed by atoms with Crippen LogP contribution in [0.25, 0.3) is 10.9 Å². The highest BCUT2D eigenvalue weighted by atomic mass is 32.2. The summed E-state index contributed by atoms with van der Waals surface area (Å²) in [5.41, 5.74) is 2.95. The topological polar surface area (TPSA) is 54.7 Å². The van der Waals surface area contributed by atoms with Gasteiger partial charge in [0.15, 0.2) is 0 Å². The molecule has 3 aromatic rings. The molecule has 1 aromatic heterocycles.